The van der Waals surface area contributed by atoms with Crippen molar-refractivity contribution >= 4 is 17.7 Å². The van der Waals surface area contributed by atoms with Gasteiger partial charge in [0.25, 0.3) is 0 Å². The lowest BCUT2D eigenvalue weighted by atomic mass is 9.99. The van der Waals surface area contributed by atoms with E-state index >= 15 is 0 Å². The Labute approximate surface area is 77.9 Å². The first-order valence-corrected chi connectivity index (χ1v) is 4.54. The minimum Gasteiger partial charge on any atom is -0.0840 e. The molecule has 0 aliphatic heterocycles. The molecule has 0 aromatic heterocycles. The summed E-state index contributed by atoms with van der Waals surface area (Å²) >= 11 is 6.10. The number of halogens is 1. The van der Waals surface area contributed by atoms with Crippen LogP contribution in [-0.4, -0.2) is 0 Å². The van der Waals surface area contributed by atoms with E-state index in [0.29, 0.717) is 5.92 Å². The maximum Gasteiger partial charge on any atom is 0.0449 e. The highest BCUT2D eigenvalue weighted by atomic mass is 35.5. The van der Waals surface area contributed by atoms with Crippen LogP contribution >= 0.6 is 11.6 Å². The first kappa shape index (κ1) is 7.88. The second-order valence-electron chi connectivity index (χ2n) is 3.35. The van der Waals surface area contributed by atoms with Crippen molar-refractivity contribution in [3.8, 4) is 0 Å². The van der Waals surface area contributed by atoms with E-state index < -0.39 is 0 Å². The molecule has 0 spiro atoms. The van der Waals surface area contributed by atoms with Crippen LogP contribution in [0.15, 0.2) is 23.8 Å². The lowest BCUT2D eigenvalue weighted by molar-refractivity contribution is 0.922. The zero-order valence-corrected chi connectivity index (χ0v) is 8.02. The molecule has 0 bridgehead atoms. The maximum atomic E-state index is 6.10. The monoisotopic (exact) mass is 178 g/mol. The minimum absolute atomic E-state index is 0.494. The standard InChI is InChI=1S/C11H11Cl/c1-7-6-9-4-3-5-10(12)11(9)8(7)2/h3-6,8H,1-2H3. The van der Waals surface area contributed by atoms with Crippen LogP contribution in [-0.2, 0) is 0 Å². The third-order valence-electron chi connectivity index (χ3n) is 2.59. The third kappa shape index (κ3) is 0.987. The van der Waals surface area contributed by atoms with Gasteiger partial charge in [0.1, 0.15) is 0 Å². The quantitative estimate of drug-likeness (QED) is 0.566. The summed E-state index contributed by atoms with van der Waals surface area (Å²) in [4.78, 5) is 0. The molecule has 2 rings (SSSR count). The molecule has 0 nitrogen and oxygen atoms in total. The van der Waals surface area contributed by atoms with Crippen molar-refractivity contribution in [1.29, 1.82) is 0 Å². The number of hydrogen-bond donors (Lipinski definition) is 0. The Hall–Kier alpha value is -0.750. The van der Waals surface area contributed by atoms with E-state index in [1.807, 2.05) is 12.1 Å². The lowest BCUT2D eigenvalue weighted by Gasteiger charge is -2.08. The molecule has 0 heterocycles. The second kappa shape index (κ2) is 2.63. The number of rotatable bonds is 0. The minimum atomic E-state index is 0.494. The Morgan fingerprint density at radius 1 is 1.33 bits per heavy atom. The van der Waals surface area contributed by atoms with Crippen molar-refractivity contribution in [1.82, 2.24) is 0 Å². The van der Waals surface area contributed by atoms with Gasteiger partial charge in [0, 0.05) is 10.9 Å². The smallest absolute Gasteiger partial charge is 0.0449 e. The molecule has 0 N–H and O–H groups in total. The summed E-state index contributed by atoms with van der Waals surface area (Å²) < 4.78 is 0. The van der Waals surface area contributed by atoms with Gasteiger partial charge in [-0.15, -0.1) is 0 Å². The van der Waals surface area contributed by atoms with Gasteiger partial charge in [-0.1, -0.05) is 42.3 Å². The van der Waals surface area contributed by atoms with Gasteiger partial charge in [-0.25, -0.2) is 0 Å². The Kier molecular flexibility index (Phi) is 1.73. The fourth-order valence-corrected chi connectivity index (χ4v) is 2.08. The van der Waals surface area contributed by atoms with E-state index in [1.54, 1.807) is 0 Å². The van der Waals surface area contributed by atoms with E-state index in [1.165, 1.54) is 16.7 Å². The molecule has 0 fully saturated rings. The molecule has 1 aromatic carbocycles. The van der Waals surface area contributed by atoms with Crippen molar-refractivity contribution in [3.05, 3.63) is 39.9 Å². The first-order valence-electron chi connectivity index (χ1n) is 4.17. The van der Waals surface area contributed by atoms with Crippen molar-refractivity contribution in [3.63, 3.8) is 0 Å². The van der Waals surface area contributed by atoms with Crippen LogP contribution in [0, 0.1) is 0 Å². The topological polar surface area (TPSA) is 0 Å². The second-order valence-corrected chi connectivity index (χ2v) is 3.76. The summed E-state index contributed by atoms with van der Waals surface area (Å²) in [6.45, 7) is 4.35. The van der Waals surface area contributed by atoms with Crippen molar-refractivity contribution in [2.75, 3.05) is 0 Å². The molecule has 62 valence electrons. The van der Waals surface area contributed by atoms with Crippen molar-refractivity contribution in [2.24, 2.45) is 0 Å². The average Bonchev–Trinajstić information content (AvgIpc) is 2.29. The Morgan fingerprint density at radius 3 is 2.75 bits per heavy atom. The molecule has 1 heteroatoms. The average molecular weight is 179 g/mol. The Bertz CT molecular complexity index is 350. The van der Waals surface area contributed by atoms with Crippen LogP contribution in [0.5, 0.6) is 0 Å². The van der Waals surface area contributed by atoms with Crippen LogP contribution in [0.1, 0.15) is 30.9 Å². The van der Waals surface area contributed by atoms with E-state index in [9.17, 15) is 0 Å². The maximum absolute atomic E-state index is 6.10. The summed E-state index contributed by atoms with van der Waals surface area (Å²) in [6.07, 6.45) is 2.21. The fraction of sp³-hybridized carbons (Fsp3) is 0.273. The molecule has 1 unspecified atom stereocenters. The van der Waals surface area contributed by atoms with Crippen LogP contribution in [0.25, 0.3) is 6.08 Å². The molecule has 0 amide bonds. The molecule has 1 aliphatic carbocycles. The van der Waals surface area contributed by atoms with Gasteiger partial charge in [-0.3, -0.25) is 0 Å². The predicted octanol–water partition coefficient (Wildman–Crippen LogP) is 3.86. The fourth-order valence-electron chi connectivity index (χ4n) is 1.73. The highest BCUT2D eigenvalue weighted by molar-refractivity contribution is 6.31. The van der Waals surface area contributed by atoms with Gasteiger partial charge in [-0.05, 0) is 24.1 Å². The van der Waals surface area contributed by atoms with E-state index in [-0.39, 0.29) is 0 Å². The molecular weight excluding hydrogens is 168 g/mol. The normalized spacial score (nSPS) is 20.6. The molecule has 0 saturated heterocycles. The van der Waals surface area contributed by atoms with E-state index in [4.69, 9.17) is 11.6 Å². The number of benzene rings is 1. The largest absolute Gasteiger partial charge is 0.0840 e. The van der Waals surface area contributed by atoms with Crippen molar-refractivity contribution in [2.45, 2.75) is 19.8 Å². The Morgan fingerprint density at radius 2 is 2.08 bits per heavy atom. The lowest BCUT2D eigenvalue weighted by Crippen LogP contribution is -1.91. The zero-order valence-electron chi connectivity index (χ0n) is 7.26. The van der Waals surface area contributed by atoms with E-state index in [0.717, 1.165) is 5.02 Å². The van der Waals surface area contributed by atoms with Gasteiger partial charge < -0.3 is 0 Å². The molecule has 1 aromatic rings. The Balaban J connectivity index is 2.63. The summed E-state index contributed by atoms with van der Waals surface area (Å²) in [5.41, 5.74) is 3.97. The summed E-state index contributed by atoms with van der Waals surface area (Å²) in [6, 6.07) is 6.08. The van der Waals surface area contributed by atoms with Crippen molar-refractivity contribution < 1.29 is 0 Å². The molecule has 12 heavy (non-hydrogen) atoms. The third-order valence-corrected chi connectivity index (χ3v) is 2.92. The van der Waals surface area contributed by atoms with Crippen LogP contribution < -0.4 is 0 Å². The number of hydrogen-bond acceptors (Lipinski definition) is 0. The van der Waals surface area contributed by atoms with Gasteiger partial charge in [0.05, 0.1) is 0 Å². The molecular formula is C11H11Cl. The van der Waals surface area contributed by atoms with Gasteiger partial charge in [0.2, 0.25) is 0 Å². The van der Waals surface area contributed by atoms with Gasteiger partial charge in [0.15, 0.2) is 0 Å². The zero-order chi connectivity index (χ0) is 8.72. The van der Waals surface area contributed by atoms with Crippen LogP contribution in [0.4, 0.5) is 0 Å². The first-order chi connectivity index (χ1) is 5.70. The number of fused-ring (bicyclic) bond motifs is 1. The highest BCUT2D eigenvalue weighted by Gasteiger charge is 2.20. The van der Waals surface area contributed by atoms with Gasteiger partial charge >= 0.3 is 0 Å². The highest BCUT2D eigenvalue weighted by Crippen LogP contribution is 2.39. The van der Waals surface area contributed by atoms with Gasteiger partial charge in [-0.2, -0.15) is 0 Å². The number of allylic oxidation sites excluding steroid dienone is 1. The molecule has 0 radical (unpaired) electrons. The summed E-state index contributed by atoms with van der Waals surface area (Å²) in [7, 11) is 0. The predicted molar refractivity (Wildman–Crippen MR) is 53.5 cm³/mol. The molecule has 1 atom stereocenters. The summed E-state index contributed by atoms with van der Waals surface area (Å²) in [5, 5.41) is 0.896. The SMILES string of the molecule is CC1=Cc2cccc(Cl)c2C1C. The van der Waals surface area contributed by atoms with Crippen LogP contribution in [0.3, 0.4) is 0 Å². The molecule has 0 saturated carbocycles. The molecule has 1 aliphatic rings. The summed E-state index contributed by atoms with van der Waals surface area (Å²) in [5.74, 6) is 0.494. The van der Waals surface area contributed by atoms with Crippen LogP contribution in [0.2, 0.25) is 5.02 Å². The van der Waals surface area contributed by atoms with E-state index in [2.05, 4.69) is 26.0 Å².